The van der Waals surface area contributed by atoms with Crippen LogP contribution in [0.3, 0.4) is 0 Å². The number of nitrogens with zero attached hydrogens (tertiary/aromatic N) is 1. The highest BCUT2D eigenvalue weighted by molar-refractivity contribution is 5.99. The largest absolute Gasteiger partial charge is 0.480 e. The predicted molar refractivity (Wildman–Crippen MR) is 72.3 cm³/mol. The van der Waals surface area contributed by atoms with Gasteiger partial charge in [0.25, 0.3) is 5.91 Å². The second-order valence-corrected chi connectivity index (χ2v) is 4.29. The molecule has 0 spiro atoms. The van der Waals surface area contributed by atoms with E-state index in [0.29, 0.717) is 5.56 Å². The predicted octanol–water partition coefficient (Wildman–Crippen LogP) is 0.800. The van der Waals surface area contributed by atoms with Crippen LogP contribution in [-0.4, -0.2) is 39.7 Å². The first-order valence-corrected chi connectivity index (χ1v) is 6.11. The number of carboxylic acids is 1. The van der Waals surface area contributed by atoms with E-state index in [1.807, 2.05) is 6.07 Å². The highest BCUT2D eigenvalue weighted by Gasteiger charge is 2.20. The van der Waals surface area contributed by atoms with E-state index >= 15 is 0 Å². The lowest BCUT2D eigenvalue weighted by molar-refractivity contribution is -0.139. The van der Waals surface area contributed by atoms with Crippen LogP contribution in [0, 0.1) is 0 Å². The lowest BCUT2D eigenvalue weighted by Gasteiger charge is -2.13. The third-order valence-corrected chi connectivity index (χ3v) is 2.89. The van der Waals surface area contributed by atoms with Gasteiger partial charge in [-0.2, -0.15) is 0 Å². The maximum absolute atomic E-state index is 12.0. The van der Waals surface area contributed by atoms with E-state index < -0.39 is 17.9 Å². The van der Waals surface area contributed by atoms with Gasteiger partial charge in [-0.1, -0.05) is 6.07 Å². The Morgan fingerprint density at radius 1 is 1.30 bits per heavy atom. The number of carboxylic acid groups (broad SMARTS) is 1. The highest BCUT2D eigenvalue weighted by atomic mass is 16.4. The van der Waals surface area contributed by atoms with Crippen molar-refractivity contribution in [2.45, 2.75) is 12.5 Å². The van der Waals surface area contributed by atoms with Gasteiger partial charge in [-0.3, -0.25) is 9.78 Å². The van der Waals surface area contributed by atoms with Crippen LogP contribution >= 0.6 is 0 Å². The molecule has 2 rings (SSSR count). The van der Waals surface area contributed by atoms with Gasteiger partial charge < -0.3 is 15.5 Å². The minimum atomic E-state index is -1.17. The Labute approximate surface area is 115 Å². The third-order valence-electron chi connectivity index (χ3n) is 2.89. The Morgan fingerprint density at radius 2 is 2.10 bits per heavy atom. The molecule has 1 aromatic heterocycles. The van der Waals surface area contributed by atoms with E-state index in [2.05, 4.69) is 10.3 Å². The summed E-state index contributed by atoms with van der Waals surface area (Å²) < 4.78 is 0. The minimum absolute atomic E-state index is 0.0315. The highest BCUT2D eigenvalue weighted by Crippen LogP contribution is 2.13. The molecule has 104 valence electrons. The third kappa shape index (κ3) is 3.10. The number of carbonyl (C=O) groups is 2. The molecule has 1 unspecified atom stereocenters. The second kappa shape index (κ2) is 6.12. The van der Waals surface area contributed by atoms with Gasteiger partial charge >= 0.3 is 5.97 Å². The standard InChI is InChI=1S/C14H14N2O4/c17-7-5-12(14(19)20)16-13(18)10-3-4-11-9(8-10)2-1-6-15-11/h1-4,6,8,12,17H,5,7H2,(H,16,18)(H,19,20). The first kappa shape index (κ1) is 14.0. The number of benzene rings is 1. The molecule has 0 saturated carbocycles. The summed E-state index contributed by atoms with van der Waals surface area (Å²) in [5, 5.41) is 20.9. The van der Waals surface area contributed by atoms with Crippen molar-refractivity contribution >= 4 is 22.8 Å². The molecule has 0 aliphatic heterocycles. The molecule has 0 aliphatic rings. The molecule has 1 aromatic carbocycles. The summed E-state index contributed by atoms with van der Waals surface area (Å²) in [6.45, 7) is -0.307. The number of fused-ring (bicyclic) bond motifs is 1. The van der Waals surface area contributed by atoms with E-state index in [-0.39, 0.29) is 13.0 Å². The molecule has 0 aliphatic carbocycles. The second-order valence-electron chi connectivity index (χ2n) is 4.29. The molecule has 0 saturated heterocycles. The summed E-state index contributed by atoms with van der Waals surface area (Å²) in [6.07, 6.45) is 1.62. The van der Waals surface area contributed by atoms with Crippen molar-refractivity contribution in [2.24, 2.45) is 0 Å². The van der Waals surface area contributed by atoms with Crippen LogP contribution in [0.15, 0.2) is 36.5 Å². The zero-order chi connectivity index (χ0) is 14.5. The number of rotatable bonds is 5. The van der Waals surface area contributed by atoms with Crippen LogP contribution in [-0.2, 0) is 4.79 Å². The van der Waals surface area contributed by atoms with Crippen molar-refractivity contribution in [3.8, 4) is 0 Å². The summed E-state index contributed by atoms with van der Waals surface area (Å²) in [4.78, 5) is 27.1. The number of carbonyl (C=O) groups excluding carboxylic acids is 1. The maximum atomic E-state index is 12.0. The fraction of sp³-hybridized carbons (Fsp3) is 0.214. The maximum Gasteiger partial charge on any atom is 0.326 e. The molecule has 3 N–H and O–H groups in total. The van der Waals surface area contributed by atoms with E-state index in [4.69, 9.17) is 10.2 Å². The van der Waals surface area contributed by atoms with Crippen LogP contribution in [0.5, 0.6) is 0 Å². The average Bonchev–Trinajstić information content (AvgIpc) is 2.46. The van der Waals surface area contributed by atoms with Crippen molar-refractivity contribution in [3.63, 3.8) is 0 Å². The number of aromatic nitrogens is 1. The number of amides is 1. The van der Waals surface area contributed by atoms with Crippen molar-refractivity contribution in [2.75, 3.05) is 6.61 Å². The molecule has 0 fully saturated rings. The van der Waals surface area contributed by atoms with Crippen LogP contribution in [0.2, 0.25) is 0 Å². The van der Waals surface area contributed by atoms with Gasteiger partial charge in [0, 0.05) is 30.2 Å². The van der Waals surface area contributed by atoms with Crippen LogP contribution in [0.1, 0.15) is 16.8 Å². The van der Waals surface area contributed by atoms with Crippen molar-refractivity contribution in [1.82, 2.24) is 10.3 Å². The molecule has 6 heteroatoms. The SMILES string of the molecule is O=C(NC(CCO)C(=O)O)c1ccc2ncccc2c1. The molecule has 6 nitrogen and oxygen atoms in total. The number of hydrogen-bond donors (Lipinski definition) is 3. The normalized spacial score (nSPS) is 12.1. The summed E-state index contributed by atoms with van der Waals surface area (Å²) in [7, 11) is 0. The molecular weight excluding hydrogens is 260 g/mol. The number of aliphatic hydroxyl groups is 1. The van der Waals surface area contributed by atoms with E-state index in [0.717, 1.165) is 10.9 Å². The van der Waals surface area contributed by atoms with Gasteiger partial charge in [0.05, 0.1) is 5.52 Å². The Balaban J connectivity index is 2.20. The molecule has 20 heavy (non-hydrogen) atoms. The summed E-state index contributed by atoms with van der Waals surface area (Å²) in [6, 6.07) is 7.42. The van der Waals surface area contributed by atoms with Crippen LogP contribution in [0.25, 0.3) is 10.9 Å². The van der Waals surface area contributed by atoms with Gasteiger partial charge in [-0.15, -0.1) is 0 Å². The number of hydrogen-bond acceptors (Lipinski definition) is 4. The average molecular weight is 274 g/mol. The first-order valence-electron chi connectivity index (χ1n) is 6.11. The lowest BCUT2D eigenvalue weighted by Crippen LogP contribution is -2.41. The Morgan fingerprint density at radius 3 is 2.80 bits per heavy atom. The van der Waals surface area contributed by atoms with E-state index in [1.165, 1.54) is 0 Å². The Hall–Kier alpha value is -2.47. The minimum Gasteiger partial charge on any atom is -0.480 e. The summed E-state index contributed by atoms with van der Waals surface area (Å²) in [5.41, 5.74) is 1.11. The molecule has 1 heterocycles. The molecular formula is C14H14N2O4. The van der Waals surface area contributed by atoms with Crippen LogP contribution in [0.4, 0.5) is 0 Å². The monoisotopic (exact) mass is 274 g/mol. The number of aliphatic carboxylic acids is 1. The zero-order valence-electron chi connectivity index (χ0n) is 10.6. The molecule has 2 aromatic rings. The number of pyridine rings is 1. The lowest BCUT2D eigenvalue weighted by atomic mass is 10.1. The zero-order valence-corrected chi connectivity index (χ0v) is 10.6. The molecule has 1 atom stereocenters. The quantitative estimate of drug-likeness (QED) is 0.749. The van der Waals surface area contributed by atoms with Gasteiger partial charge in [-0.25, -0.2) is 4.79 Å². The van der Waals surface area contributed by atoms with Crippen molar-refractivity contribution in [1.29, 1.82) is 0 Å². The smallest absolute Gasteiger partial charge is 0.326 e. The van der Waals surface area contributed by atoms with Gasteiger partial charge in [0.1, 0.15) is 6.04 Å². The molecule has 0 bridgehead atoms. The van der Waals surface area contributed by atoms with E-state index in [1.54, 1.807) is 30.5 Å². The number of nitrogens with one attached hydrogen (secondary N) is 1. The summed E-state index contributed by atoms with van der Waals surface area (Å²) in [5.74, 6) is -1.66. The fourth-order valence-corrected chi connectivity index (χ4v) is 1.84. The van der Waals surface area contributed by atoms with Gasteiger partial charge in [0.15, 0.2) is 0 Å². The van der Waals surface area contributed by atoms with Crippen molar-refractivity contribution in [3.05, 3.63) is 42.1 Å². The van der Waals surface area contributed by atoms with Crippen LogP contribution < -0.4 is 5.32 Å². The topological polar surface area (TPSA) is 99.5 Å². The molecule has 1 amide bonds. The van der Waals surface area contributed by atoms with Crippen molar-refractivity contribution < 1.29 is 19.8 Å². The van der Waals surface area contributed by atoms with Gasteiger partial charge in [-0.05, 0) is 24.3 Å². The Bertz CT molecular complexity index is 642. The first-order chi connectivity index (χ1) is 9.61. The fourth-order valence-electron chi connectivity index (χ4n) is 1.84. The summed E-state index contributed by atoms with van der Waals surface area (Å²) >= 11 is 0. The van der Waals surface area contributed by atoms with Gasteiger partial charge in [0.2, 0.25) is 0 Å². The number of aliphatic hydroxyl groups excluding tert-OH is 1. The Kier molecular flexibility index (Phi) is 4.27. The van der Waals surface area contributed by atoms with E-state index in [9.17, 15) is 9.59 Å². The molecule has 0 radical (unpaired) electrons.